The van der Waals surface area contributed by atoms with Gasteiger partial charge < -0.3 is 10.5 Å². The Morgan fingerprint density at radius 2 is 2.24 bits per heavy atom. The van der Waals surface area contributed by atoms with Crippen LogP contribution in [0.4, 0.5) is 5.82 Å². The number of hydrogen-bond donors (Lipinski definition) is 1. The minimum Gasteiger partial charge on any atom is -0.480 e. The van der Waals surface area contributed by atoms with Gasteiger partial charge in [-0.05, 0) is 6.07 Å². The fraction of sp³-hybridized carbons (Fsp3) is 0.182. The van der Waals surface area contributed by atoms with Gasteiger partial charge in [0, 0.05) is 23.9 Å². The molecule has 0 radical (unpaired) electrons. The molecule has 0 unspecified atom stereocenters. The first-order chi connectivity index (χ1) is 8.20. The average Bonchev–Trinajstić information content (AvgIpc) is 2.35. The molecular weight excluding hydrogens is 220 g/mol. The Morgan fingerprint density at radius 1 is 1.41 bits per heavy atom. The molecule has 0 spiro atoms. The molecule has 2 heterocycles. The minimum absolute atomic E-state index is 0.214. The van der Waals surface area contributed by atoms with Crippen LogP contribution in [0, 0.1) is 0 Å². The number of nitrogens with two attached hydrogens (primary N) is 1. The third-order valence-electron chi connectivity index (χ3n) is 2.30. The van der Waals surface area contributed by atoms with Gasteiger partial charge in [-0.2, -0.15) is 0 Å². The summed E-state index contributed by atoms with van der Waals surface area (Å²) < 4.78 is 6.24. The van der Waals surface area contributed by atoms with Crippen LogP contribution in [0.1, 0.15) is 5.56 Å². The van der Waals surface area contributed by atoms with E-state index in [-0.39, 0.29) is 12.1 Å². The van der Waals surface area contributed by atoms with Crippen LogP contribution in [-0.4, -0.2) is 21.9 Å². The first-order valence-corrected chi connectivity index (χ1v) is 5.02. The second kappa shape index (κ2) is 4.65. The smallest absolute Gasteiger partial charge is 0.267 e. The molecule has 6 nitrogen and oxygen atoms in total. The molecule has 2 N–H and O–H groups in total. The highest BCUT2D eigenvalue weighted by Gasteiger charge is 2.04. The van der Waals surface area contributed by atoms with Gasteiger partial charge in [0.2, 0.25) is 5.88 Å². The van der Waals surface area contributed by atoms with Gasteiger partial charge in [-0.1, -0.05) is 6.07 Å². The number of hydrogen-bond acceptors (Lipinski definition) is 5. The molecule has 0 saturated heterocycles. The zero-order chi connectivity index (χ0) is 12.3. The predicted molar refractivity (Wildman–Crippen MR) is 62.8 cm³/mol. The van der Waals surface area contributed by atoms with Gasteiger partial charge in [-0.15, -0.1) is 5.10 Å². The first-order valence-electron chi connectivity index (χ1n) is 5.02. The molecule has 0 aromatic carbocycles. The molecule has 0 saturated carbocycles. The van der Waals surface area contributed by atoms with Gasteiger partial charge in [-0.25, -0.2) is 9.67 Å². The van der Waals surface area contributed by atoms with Crippen molar-refractivity contribution >= 4 is 5.82 Å². The molecule has 0 aliphatic heterocycles. The van der Waals surface area contributed by atoms with Gasteiger partial charge in [-0.3, -0.25) is 4.79 Å². The number of aromatic nitrogens is 3. The van der Waals surface area contributed by atoms with E-state index in [0.717, 1.165) is 5.56 Å². The summed E-state index contributed by atoms with van der Waals surface area (Å²) in [5, 5.41) is 4.03. The fourth-order valence-electron chi connectivity index (χ4n) is 1.40. The molecule has 0 amide bonds. The van der Waals surface area contributed by atoms with Crippen LogP contribution < -0.4 is 16.0 Å². The molecule has 2 aromatic rings. The minimum atomic E-state index is -0.214. The number of nitrogen functional groups attached to an aromatic ring is 1. The van der Waals surface area contributed by atoms with Crippen LogP contribution in [0.15, 0.2) is 35.3 Å². The van der Waals surface area contributed by atoms with Crippen LogP contribution in [0.25, 0.3) is 0 Å². The van der Waals surface area contributed by atoms with Crippen molar-refractivity contribution < 1.29 is 4.74 Å². The van der Waals surface area contributed by atoms with Crippen molar-refractivity contribution in [3.63, 3.8) is 0 Å². The van der Waals surface area contributed by atoms with Crippen molar-refractivity contribution in [3.05, 3.63) is 46.4 Å². The van der Waals surface area contributed by atoms with E-state index in [1.165, 1.54) is 23.9 Å². The Hall–Kier alpha value is -2.37. The number of rotatable bonds is 3. The van der Waals surface area contributed by atoms with Gasteiger partial charge >= 0.3 is 0 Å². The summed E-state index contributed by atoms with van der Waals surface area (Å²) in [6.45, 7) is 0.274. The Bertz CT molecular complexity index is 580. The molecule has 17 heavy (non-hydrogen) atoms. The van der Waals surface area contributed by atoms with Crippen molar-refractivity contribution in [1.82, 2.24) is 14.8 Å². The highest BCUT2D eigenvalue weighted by atomic mass is 16.5. The lowest BCUT2D eigenvalue weighted by Gasteiger charge is -2.07. The number of ether oxygens (including phenoxy) is 1. The van der Waals surface area contributed by atoms with Gasteiger partial charge in [0.15, 0.2) is 0 Å². The second-order valence-electron chi connectivity index (χ2n) is 3.42. The molecule has 0 aliphatic rings. The zero-order valence-electron chi connectivity index (χ0n) is 9.33. The SMILES string of the molecule is COc1ccc(=O)n(Cc2cccnc2N)n1. The topological polar surface area (TPSA) is 83.0 Å². The summed E-state index contributed by atoms with van der Waals surface area (Å²) in [5.41, 5.74) is 6.24. The predicted octanol–water partition coefficient (Wildman–Crippen LogP) is 0.277. The Labute approximate surface area is 97.7 Å². The highest BCUT2D eigenvalue weighted by Crippen LogP contribution is 2.08. The maximum atomic E-state index is 11.6. The van der Waals surface area contributed by atoms with Crippen LogP contribution in [0.5, 0.6) is 5.88 Å². The third-order valence-corrected chi connectivity index (χ3v) is 2.30. The average molecular weight is 232 g/mol. The lowest BCUT2D eigenvalue weighted by atomic mass is 10.2. The summed E-state index contributed by atoms with van der Waals surface area (Å²) in [4.78, 5) is 15.5. The van der Waals surface area contributed by atoms with E-state index in [1.54, 1.807) is 18.3 Å². The Balaban J connectivity index is 2.36. The van der Waals surface area contributed by atoms with Crippen LogP contribution in [0.2, 0.25) is 0 Å². The van der Waals surface area contributed by atoms with E-state index >= 15 is 0 Å². The molecule has 88 valence electrons. The Morgan fingerprint density at radius 3 is 2.94 bits per heavy atom. The standard InChI is InChI=1S/C11H12N4O2/c1-17-9-4-5-10(16)15(14-9)7-8-3-2-6-13-11(8)12/h2-6H,7H2,1H3,(H2,12,13). The van der Waals surface area contributed by atoms with Crippen molar-refractivity contribution in [2.24, 2.45) is 0 Å². The summed E-state index contributed by atoms with van der Waals surface area (Å²) in [7, 11) is 1.50. The number of anilines is 1. The van der Waals surface area contributed by atoms with Crippen molar-refractivity contribution in [2.45, 2.75) is 6.54 Å². The highest BCUT2D eigenvalue weighted by molar-refractivity contribution is 5.38. The lowest BCUT2D eigenvalue weighted by molar-refractivity contribution is 0.379. The van der Waals surface area contributed by atoms with E-state index in [4.69, 9.17) is 10.5 Å². The number of methoxy groups -OCH3 is 1. The Kier molecular flexibility index (Phi) is 3.04. The fourth-order valence-corrected chi connectivity index (χ4v) is 1.40. The second-order valence-corrected chi connectivity index (χ2v) is 3.42. The monoisotopic (exact) mass is 232 g/mol. The van der Waals surface area contributed by atoms with Crippen LogP contribution in [-0.2, 0) is 6.54 Å². The molecule has 2 rings (SSSR count). The third kappa shape index (κ3) is 2.41. The van der Waals surface area contributed by atoms with E-state index in [0.29, 0.717) is 11.7 Å². The maximum absolute atomic E-state index is 11.6. The summed E-state index contributed by atoms with van der Waals surface area (Å²) in [5.74, 6) is 0.774. The van der Waals surface area contributed by atoms with Crippen LogP contribution in [0.3, 0.4) is 0 Å². The molecule has 0 atom stereocenters. The van der Waals surface area contributed by atoms with Gasteiger partial charge in [0.05, 0.1) is 13.7 Å². The van der Waals surface area contributed by atoms with Crippen molar-refractivity contribution in [2.75, 3.05) is 12.8 Å². The van der Waals surface area contributed by atoms with Crippen LogP contribution >= 0.6 is 0 Å². The molecule has 0 bridgehead atoms. The first kappa shape index (κ1) is 11.1. The quantitative estimate of drug-likeness (QED) is 0.821. The summed E-state index contributed by atoms with van der Waals surface area (Å²) >= 11 is 0. The molecule has 0 aliphatic carbocycles. The van der Waals surface area contributed by atoms with E-state index in [1.807, 2.05) is 0 Å². The molecule has 0 fully saturated rings. The summed E-state index contributed by atoms with van der Waals surface area (Å²) in [6.07, 6.45) is 1.60. The van der Waals surface area contributed by atoms with Crippen molar-refractivity contribution in [3.8, 4) is 5.88 Å². The van der Waals surface area contributed by atoms with Gasteiger partial charge in [0.1, 0.15) is 5.82 Å². The number of nitrogens with zero attached hydrogens (tertiary/aromatic N) is 3. The van der Waals surface area contributed by atoms with Crippen molar-refractivity contribution in [1.29, 1.82) is 0 Å². The summed E-state index contributed by atoms with van der Waals surface area (Å²) in [6, 6.07) is 6.48. The largest absolute Gasteiger partial charge is 0.480 e. The zero-order valence-corrected chi connectivity index (χ0v) is 9.33. The molecule has 6 heteroatoms. The van der Waals surface area contributed by atoms with Gasteiger partial charge in [0.25, 0.3) is 5.56 Å². The maximum Gasteiger partial charge on any atom is 0.267 e. The molecular formula is C11H12N4O2. The normalized spacial score (nSPS) is 10.2. The lowest BCUT2D eigenvalue weighted by Crippen LogP contribution is -2.23. The van der Waals surface area contributed by atoms with E-state index in [2.05, 4.69) is 10.1 Å². The van der Waals surface area contributed by atoms with E-state index < -0.39 is 0 Å². The van der Waals surface area contributed by atoms with E-state index in [9.17, 15) is 4.79 Å². The number of pyridine rings is 1. The molecule has 2 aromatic heterocycles.